The average Bonchev–Trinajstić information content (AvgIpc) is 3.43. The molecule has 0 unspecified atom stereocenters. The highest BCUT2D eigenvalue weighted by molar-refractivity contribution is 7.89. The van der Waals surface area contributed by atoms with Crippen LogP contribution >= 0.6 is 0 Å². The zero-order valence-electron chi connectivity index (χ0n) is 16.4. The number of anilines is 1. The van der Waals surface area contributed by atoms with Crippen LogP contribution in [0.2, 0.25) is 0 Å². The third-order valence-corrected chi connectivity index (χ3v) is 7.42. The third kappa shape index (κ3) is 3.48. The lowest BCUT2D eigenvalue weighted by molar-refractivity contribution is 0.0600. The van der Waals surface area contributed by atoms with Crippen LogP contribution in [0.4, 0.5) is 10.1 Å². The normalized spacial score (nSPS) is 16.5. The van der Waals surface area contributed by atoms with Crippen LogP contribution in [0.1, 0.15) is 39.1 Å². The Morgan fingerprint density at radius 2 is 1.70 bits per heavy atom. The van der Waals surface area contributed by atoms with E-state index in [1.165, 1.54) is 22.4 Å². The molecule has 0 aliphatic carbocycles. The number of nitrogens with zero attached hydrogens (tertiary/aromatic N) is 2. The van der Waals surface area contributed by atoms with Gasteiger partial charge in [-0.3, -0.25) is 4.79 Å². The number of hydrogen-bond donors (Lipinski definition) is 0. The molecule has 2 aliphatic heterocycles. The fourth-order valence-corrected chi connectivity index (χ4v) is 5.52. The van der Waals surface area contributed by atoms with Crippen molar-refractivity contribution < 1.29 is 27.1 Å². The molecule has 1 saturated heterocycles. The Bertz CT molecular complexity index is 1130. The van der Waals surface area contributed by atoms with E-state index in [4.69, 9.17) is 4.74 Å². The number of sulfonamides is 1. The largest absolute Gasteiger partial charge is 0.465 e. The minimum absolute atomic E-state index is 0.0964. The maximum Gasteiger partial charge on any atom is 0.337 e. The van der Waals surface area contributed by atoms with Gasteiger partial charge in [0.05, 0.1) is 12.7 Å². The zero-order chi connectivity index (χ0) is 21.5. The molecule has 0 spiro atoms. The number of halogens is 1. The summed E-state index contributed by atoms with van der Waals surface area (Å²) in [7, 11) is -2.69. The van der Waals surface area contributed by atoms with Crippen molar-refractivity contribution in [2.24, 2.45) is 0 Å². The highest BCUT2D eigenvalue weighted by Gasteiger charge is 2.32. The number of methoxy groups -OCH3 is 1. The van der Waals surface area contributed by atoms with Gasteiger partial charge in [0.2, 0.25) is 10.0 Å². The minimum Gasteiger partial charge on any atom is -0.465 e. The van der Waals surface area contributed by atoms with E-state index in [2.05, 4.69) is 0 Å². The molecule has 2 aromatic carbocycles. The Hall–Kier alpha value is -2.78. The molecule has 0 bridgehead atoms. The van der Waals surface area contributed by atoms with Crippen molar-refractivity contribution in [2.45, 2.75) is 24.2 Å². The van der Waals surface area contributed by atoms with E-state index >= 15 is 0 Å². The smallest absolute Gasteiger partial charge is 0.337 e. The van der Waals surface area contributed by atoms with Gasteiger partial charge in [-0.25, -0.2) is 17.6 Å². The molecule has 0 aromatic heterocycles. The predicted octanol–water partition coefficient (Wildman–Crippen LogP) is 2.60. The molecule has 0 atom stereocenters. The number of carbonyl (C=O) groups excluding carboxylic acids is 2. The Labute approximate surface area is 174 Å². The summed E-state index contributed by atoms with van der Waals surface area (Å²) in [4.78, 5) is 25.9. The minimum atomic E-state index is -3.99. The van der Waals surface area contributed by atoms with Crippen molar-refractivity contribution in [1.82, 2.24) is 4.31 Å². The average molecular weight is 432 g/mol. The second-order valence-electron chi connectivity index (χ2n) is 7.30. The number of rotatable bonds is 4. The molecule has 2 heterocycles. The van der Waals surface area contributed by atoms with Crippen molar-refractivity contribution in [3.05, 3.63) is 58.9 Å². The Balaban J connectivity index is 1.65. The van der Waals surface area contributed by atoms with E-state index in [1.807, 2.05) is 0 Å². The van der Waals surface area contributed by atoms with Crippen LogP contribution in [0.15, 0.2) is 41.3 Å². The highest BCUT2D eigenvalue weighted by Crippen LogP contribution is 2.31. The zero-order valence-corrected chi connectivity index (χ0v) is 17.2. The summed E-state index contributed by atoms with van der Waals surface area (Å²) in [6.45, 7) is 1.08. The number of fused-ring (bicyclic) bond motifs is 1. The van der Waals surface area contributed by atoms with E-state index in [-0.39, 0.29) is 5.56 Å². The van der Waals surface area contributed by atoms with Crippen molar-refractivity contribution in [1.29, 1.82) is 0 Å². The molecule has 0 saturated carbocycles. The number of hydrogen-bond acceptors (Lipinski definition) is 5. The van der Waals surface area contributed by atoms with Crippen LogP contribution in [0.25, 0.3) is 0 Å². The molecule has 0 N–H and O–H groups in total. The van der Waals surface area contributed by atoms with Crippen LogP contribution < -0.4 is 4.90 Å². The van der Waals surface area contributed by atoms with Gasteiger partial charge in [-0.2, -0.15) is 4.31 Å². The van der Waals surface area contributed by atoms with Crippen molar-refractivity contribution in [3.63, 3.8) is 0 Å². The van der Waals surface area contributed by atoms with Gasteiger partial charge in [-0.15, -0.1) is 0 Å². The quantitative estimate of drug-likeness (QED) is 0.694. The fourth-order valence-electron chi connectivity index (χ4n) is 3.92. The summed E-state index contributed by atoms with van der Waals surface area (Å²) < 4.78 is 45.9. The summed E-state index contributed by atoms with van der Waals surface area (Å²) in [5.74, 6) is -1.75. The van der Waals surface area contributed by atoms with Crippen LogP contribution in [-0.2, 0) is 21.2 Å². The van der Waals surface area contributed by atoms with Gasteiger partial charge in [-0.1, -0.05) is 0 Å². The summed E-state index contributed by atoms with van der Waals surface area (Å²) in [5.41, 5.74) is 1.95. The number of ether oxygens (including phenoxy) is 1. The van der Waals surface area contributed by atoms with Gasteiger partial charge in [0.15, 0.2) is 0 Å². The van der Waals surface area contributed by atoms with Gasteiger partial charge < -0.3 is 9.64 Å². The fraction of sp³-hybridized carbons (Fsp3) is 0.333. The lowest BCUT2D eigenvalue weighted by Crippen LogP contribution is -2.31. The Morgan fingerprint density at radius 3 is 2.40 bits per heavy atom. The van der Waals surface area contributed by atoms with Gasteiger partial charge in [0.25, 0.3) is 5.91 Å². The van der Waals surface area contributed by atoms with E-state index in [0.29, 0.717) is 37.3 Å². The molecule has 2 aliphatic rings. The predicted molar refractivity (Wildman–Crippen MR) is 108 cm³/mol. The Kier molecular flexibility index (Phi) is 5.33. The summed E-state index contributed by atoms with van der Waals surface area (Å²) in [6, 6.07) is 8.35. The standard InChI is InChI=1S/C21H21FN2O5S/c1-29-21(26)16-5-7-18-14(12-16)8-11-24(18)20(25)15-4-6-17(22)19(13-15)30(27,28)23-9-2-3-10-23/h4-7,12-13H,2-3,8-11H2,1H3. The van der Waals surface area contributed by atoms with Crippen LogP contribution in [0.3, 0.4) is 0 Å². The molecule has 9 heteroatoms. The van der Waals surface area contributed by atoms with Crippen LogP contribution in [0.5, 0.6) is 0 Å². The molecule has 1 amide bonds. The number of benzene rings is 2. The second kappa shape index (κ2) is 7.81. The third-order valence-electron chi connectivity index (χ3n) is 5.50. The van der Waals surface area contributed by atoms with Gasteiger partial charge in [0, 0.05) is 30.9 Å². The molecular formula is C21H21FN2O5S. The van der Waals surface area contributed by atoms with Gasteiger partial charge >= 0.3 is 5.97 Å². The molecule has 4 rings (SSSR count). The Morgan fingerprint density at radius 1 is 1.00 bits per heavy atom. The van der Waals surface area contributed by atoms with E-state index in [9.17, 15) is 22.4 Å². The molecule has 30 heavy (non-hydrogen) atoms. The monoisotopic (exact) mass is 432 g/mol. The second-order valence-corrected chi connectivity index (χ2v) is 9.20. The van der Waals surface area contributed by atoms with Crippen molar-refractivity contribution in [2.75, 3.05) is 31.6 Å². The first kappa shape index (κ1) is 20.5. The summed E-state index contributed by atoms with van der Waals surface area (Å²) in [6.07, 6.45) is 2.02. The highest BCUT2D eigenvalue weighted by atomic mass is 32.2. The first-order chi connectivity index (χ1) is 14.3. The molecule has 1 fully saturated rings. The van der Waals surface area contributed by atoms with E-state index < -0.39 is 32.6 Å². The SMILES string of the molecule is COC(=O)c1ccc2c(c1)CCN2C(=O)c1ccc(F)c(S(=O)(=O)N2CCCC2)c1. The molecule has 7 nitrogen and oxygen atoms in total. The number of esters is 1. The van der Waals surface area contributed by atoms with Gasteiger partial charge in [-0.05, 0) is 61.2 Å². The lowest BCUT2D eigenvalue weighted by Gasteiger charge is -2.19. The maximum atomic E-state index is 14.4. The first-order valence-electron chi connectivity index (χ1n) is 9.66. The summed E-state index contributed by atoms with van der Waals surface area (Å²) in [5, 5.41) is 0. The van der Waals surface area contributed by atoms with Crippen molar-refractivity contribution >= 4 is 27.6 Å². The topological polar surface area (TPSA) is 84.0 Å². The number of amides is 1. The molecule has 0 radical (unpaired) electrons. The van der Waals surface area contributed by atoms with E-state index in [0.717, 1.165) is 30.5 Å². The van der Waals surface area contributed by atoms with Crippen molar-refractivity contribution in [3.8, 4) is 0 Å². The summed E-state index contributed by atoms with van der Waals surface area (Å²) >= 11 is 0. The molecule has 2 aromatic rings. The lowest BCUT2D eigenvalue weighted by atomic mass is 10.1. The van der Waals surface area contributed by atoms with Crippen LogP contribution in [0, 0.1) is 5.82 Å². The first-order valence-corrected chi connectivity index (χ1v) is 11.1. The molecular weight excluding hydrogens is 411 g/mol. The van der Waals surface area contributed by atoms with Gasteiger partial charge in [0.1, 0.15) is 10.7 Å². The van der Waals surface area contributed by atoms with Crippen LogP contribution in [-0.4, -0.2) is 51.3 Å². The number of carbonyl (C=O) groups is 2. The maximum absolute atomic E-state index is 14.4. The molecule has 158 valence electrons. The van der Waals surface area contributed by atoms with E-state index in [1.54, 1.807) is 18.2 Å².